The Morgan fingerprint density at radius 1 is 0.718 bits per heavy atom. The Morgan fingerprint density at radius 3 is 2.13 bits per heavy atom. The van der Waals surface area contributed by atoms with E-state index < -0.39 is 0 Å². The van der Waals surface area contributed by atoms with E-state index in [1.165, 1.54) is 71.3 Å². The quantitative estimate of drug-likeness (QED) is 0.130. The van der Waals surface area contributed by atoms with Crippen molar-refractivity contribution in [1.29, 1.82) is 0 Å². The molecule has 1 atom stereocenters. The number of hydrogen-bond donors (Lipinski definition) is 1. The van der Waals surface area contributed by atoms with E-state index in [9.17, 15) is 0 Å². The summed E-state index contributed by atoms with van der Waals surface area (Å²) >= 11 is 4.56. The molecule has 0 N–H and O–H groups in total. The number of benzene rings is 6. The van der Waals surface area contributed by atoms with Crippen LogP contribution in [0.2, 0.25) is 0 Å². The highest BCUT2D eigenvalue weighted by atomic mass is 32.1. The molecule has 0 bridgehead atoms. The minimum absolute atomic E-state index is 0.113. The van der Waals surface area contributed by atoms with Crippen LogP contribution in [0.5, 0.6) is 0 Å². The molecular formula is C38H34S. The molecule has 0 radical (unpaired) electrons. The molecule has 1 aliphatic rings. The minimum atomic E-state index is -0.183. The molecule has 6 aromatic carbocycles. The molecule has 0 aromatic heterocycles. The van der Waals surface area contributed by atoms with Crippen LogP contribution in [0, 0.1) is 0 Å². The third kappa shape index (κ3) is 3.52. The molecule has 0 saturated heterocycles. The molecule has 0 saturated carbocycles. The molecule has 1 heteroatoms. The van der Waals surface area contributed by atoms with Gasteiger partial charge in [0.2, 0.25) is 0 Å². The highest BCUT2D eigenvalue weighted by Gasteiger charge is 2.40. The van der Waals surface area contributed by atoms with Crippen LogP contribution in [0.3, 0.4) is 0 Å². The molecule has 0 amide bonds. The van der Waals surface area contributed by atoms with Gasteiger partial charge in [0.25, 0.3) is 0 Å². The third-order valence-corrected chi connectivity index (χ3v) is 9.37. The summed E-state index contributed by atoms with van der Waals surface area (Å²) in [5.41, 5.74) is 9.30. The summed E-state index contributed by atoms with van der Waals surface area (Å²) in [6.45, 7) is 11.3. The van der Waals surface area contributed by atoms with Crippen molar-refractivity contribution in [2.75, 3.05) is 5.75 Å². The second kappa shape index (κ2) is 8.73. The Labute approximate surface area is 237 Å². The van der Waals surface area contributed by atoms with E-state index in [0.29, 0.717) is 0 Å². The number of hydrogen-bond acceptors (Lipinski definition) is 1. The van der Waals surface area contributed by atoms with Crippen molar-refractivity contribution in [2.45, 2.75) is 44.4 Å². The van der Waals surface area contributed by atoms with Crippen molar-refractivity contribution in [3.05, 3.63) is 120 Å². The lowest BCUT2D eigenvalue weighted by Crippen LogP contribution is -2.22. The van der Waals surface area contributed by atoms with Gasteiger partial charge in [0.1, 0.15) is 0 Å². The van der Waals surface area contributed by atoms with Gasteiger partial charge in [-0.1, -0.05) is 112 Å². The van der Waals surface area contributed by atoms with Crippen LogP contribution < -0.4 is 0 Å². The Hall–Kier alpha value is -3.55. The second-order valence-corrected chi connectivity index (χ2v) is 12.7. The molecule has 0 spiro atoms. The smallest absolute Gasteiger partial charge is 0.0392 e. The van der Waals surface area contributed by atoms with Crippen molar-refractivity contribution in [3.8, 4) is 22.3 Å². The van der Waals surface area contributed by atoms with Crippen LogP contribution in [0.4, 0.5) is 0 Å². The van der Waals surface area contributed by atoms with Crippen molar-refractivity contribution in [1.82, 2.24) is 0 Å². The summed E-state index contributed by atoms with van der Waals surface area (Å²) < 4.78 is 0. The summed E-state index contributed by atoms with van der Waals surface area (Å²) in [5, 5.41) is 8.03. The topological polar surface area (TPSA) is 0 Å². The fraction of sp³-hybridized carbons (Fsp3) is 0.211. The van der Waals surface area contributed by atoms with E-state index in [1.54, 1.807) is 0 Å². The van der Waals surface area contributed by atoms with Gasteiger partial charge in [-0.2, -0.15) is 12.6 Å². The number of thiol groups is 1. The zero-order valence-electron chi connectivity index (χ0n) is 23.0. The standard InChI is InChI=1S/C38H34S/c1-5-38(19-8-20-39)33-10-7-6-9-30(33)31-17-14-25(23-34(31)38)29-16-13-24-11-12-26-21-28(37(2,3)4)22-27-15-18-32(29)36(24)35(26)27/h5-7,9-18,21-23,39H,1,8,19-20H2,2-4H3. The van der Waals surface area contributed by atoms with Crippen LogP contribution in [-0.4, -0.2) is 5.75 Å². The van der Waals surface area contributed by atoms with Gasteiger partial charge in [-0.15, -0.1) is 6.58 Å². The lowest BCUT2D eigenvalue weighted by molar-refractivity contribution is 0.587. The Balaban J connectivity index is 1.47. The van der Waals surface area contributed by atoms with Gasteiger partial charge >= 0.3 is 0 Å². The largest absolute Gasteiger partial charge is 0.179 e. The molecule has 6 aromatic rings. The lowest BCUT2D eigenvalue weighted by Gasteiger charge is -2.29. The predicted molar refractivity (Wildman–Crippen MR) is 174 cm³/mol. The summed E-state index contributed by atoms with van der Waals surface area (Å²) in [5.74, 6) is 0.874. The van der Waals surface area contributed by atoms with Gasteiger partial charge in [0.05, 0.1) is 0 Å². The molecule has 39 heavy (non-hydrogen) atoms. The van der Waals surface area contributed by atoms with Gasteiger partial charge in [-0.3, -0.25) is 0 Å². The van der Waals surface area contributed by atoms with Crippen molar-refractivity contribution < 1.29 is 0 Å². The molecular weight excluding hydrogens is 488 g/mol. The Kier molecular flexibility index (Phi) is 5.48. The van der Waals surface area contributed by atoms with Gasteiger partial charge in [0, 0.05) is 5.41 Å². The van der Waals surface area contributed by atoms with Crippen LogP contribution >= 0.6 is 12.6 Å². The van der Waals surface area contributed by atoms with Crippen LogP contribution in [-0.2, 0) is 10.8 Å². The number of rotatable bonds is 5. The first-order chi connectivity index (χ1) is 18.9. The van der Waals surface area contributed by atoms with E-state index in [0.717, 1.165) is 18.6 Å². The minimum Gasteiger partial charge on any atom is -0.179 e. The predicted octanol–water partition coefficient (Wildman–Crippen LogP) is 10.7. The van der Waals surface area contributed by atoms with Crippen molar-refractivity contribution in [3.63, 3.8) is 0 Å². The Morgan fingerprint density at radius 2 is 1.38 bits per heavy atom. The van der Waals surface area contributed by atoms with Gasteiger partial charge < -0.3 is 0 Å². The first-order valence-corrected chi connectivity index (χ1v) is 14.7. The zero-order valence-corrected chi connectivity index (χ0v) is 23.9. The van der Waals surface area contributed by atoms with Crippen molar-refractivity contribution >= 4 is 44.9 Å². The van der Waals surface area contributed by atoms with Gasteiger partial charge in [-0.05, 0) is 101 Å². The van der Waals surface area contributed by atoms with E-state index >= 15 is 0 Å². The Bertz CT molecular complexity index is 1880. The summed E-state index contributed by atoms with van der Waals surface area (Å²) in [6.07, 6.45) is 4.24. The lowest BCUT2D eigenvalue weighted by atomic mass is 9.74. The maximum atomic E-state index is 4.56. The maximum Gasteiger partial charge on any atom is 0.0392 e. The van der Waals surface area contributed by atoms with E-state index in [1.807, 2.05) is 0 Å². The maximum absolute atomic E-state index is 4.56. The fourth-order valence-electron chi connectivity index (χ4n) is 7.02. The third-order valence-electron chi connectivity index (χ3n) is 9.05. The highest BCUT2D eigenvalue weighted by Crippen LogP contribution is 2.53. The average Bonchev–Trinajstić information content (AvgIpc) is 3.23. The van der Waals surface area contributed by atoms with Crippen LogP contribution in [0.1, 0.15) is 50.3 Å². The SMILES string of the molecule is C=CC1(CCCS)c2ccccc2-c2ccc(-c3ccc4ccc5cc(C(C)(C)C)cc6ccc3c4c56)cc21. The second-order valence-electron chi connectivity index (χ2n) is 12.2. The van der Waals surface area contributed by atoms with E-state index in [-0.39, 0.29) is 10.8 Å². The molecule has 0 heterocycles. The van der Waals surface area contributed by atoms with Gasteiger partial charge in [0.15, 0.2) is 0 Å². The summed E-state index contributed by atoms with van der Waals surface area (Å²) in [7, 11) is 0. The monoisotopic (exact) mass is 522 g/mol. The molecule has 0 aliphatic heterocycles. The average molecular weight is 523 g/mol. The molecule has 0 nitrogen and oxygen atoms in total. The normalized spacial score (nSPS) is 16.7. The van der Waals surface area contributed by atoms with Gasteiger partial charge in [-0.25, -0.2) is 0 Å². The van der Waals surface area contributed by atoms with Crippen molar-refractivity contribution in [2.24, 2.45) is 0 Å². The highest BCUT2D eigenvalue weighted by molar-refractivity contribution is 7.80. The van der Waals surface area contributed by atoms with E-state index in [4.69, 9.17) is 0 Å². The summed E-state index contributed by atoms with van der Waals surface area (Å²) in [6, 6.07) is 34.6. The first kappa shape index (κ1) is 24.5. The van der Waals surface area contributed by atoms with Crippen LogP contribution in [0.25, 0.3) is 54.6 Å². The molecule has 0 fully saturated rings. The fourth-order valence-corrected chi connectivity index (χ4v) is 7.18. The summed E-state index contributed by atoms with van der Waals surface area (Å²) in [4.78, 5) is 0. The van der Waals surface area contributed by atoms with E-state index in [2.05, 4.69) is 137 Å². The number of allylic oxidation sites excluding steroid dienone is 1. The first-order valence-electron chi connectivity index (χ1n) is 14.1. The van der Waals surface area contributed by atoms with Crippen LogP contribution in [0.15, 0.2) is 104 Å². The number of fused-ring (bicyclic) bond motifs is 3. The molecule has 7 rings (SSSR count). The molecule has 1 aliphatic carbocycles. The molecule has 192 valence electrons. The molecule has 1 unspecified atom stereocenters. The zero-order chi connectivity index (χ0) is 26.9.